The number of aromatic nitrogens is 1. The smallest absolute Gasteiger partial charge is 0.387 e. The van der Waals surface area contributed by atoms with Crippen LogP contribution in [0.2, 0.25) is 0 Å². The highest BCUT2D eigenvalue weighted by Gasteiger charge is 2.12. The Bertz CT molecular complexity index is 884. The van der Waals surface area contributed by atoms with Crippen LogP contribution in [0.3, 0.4) is 0 Å². The summed E-state index contributed by atoms with van der Waals surface area (Å²) in [6.07, 6.45) is 0. The molecular weight excluding hydrogens is 390 g/mol. The lowest BCUT2D eigenvalue weighted by molar-refractivity contribution is -0.119. The van der Waals surface area contributed by atoms with E-state index in [-0.39, 0.29) is 17.7 Å². The van der Waals surface area contributed by atoms with Crippen LogP contribution in [-0.2, 0) is 10.5 Å². The Morgan fingerprint density at radius 1 is 1.26 bits per heavy atom. The normalized spacial score (nSPS) is 12.3. The third-order valence-corrected chi connectivity index (χ3v) is 5.92. The second-order valence-electron chi connectivity index (χ2n) is 5.81. The topological polar surface area (TPSA) is 51.2 Å². The zero-order valence-corrected chi connectivity index (χ0v) is 16.2. The number of thiazole rings is 1. The number of benzene rings is 2. The third kappa shape index (κ3) is 5.64. The van der Waals surface area contributed by atoms with Crippen molar-refractivity contribution < 1.29 is 18.3 Å². The van der Waals surface area contributed by atoms with Gasteiger partial charge in [0.15, 0.2) is 0 Å². The molecule has 1 heterocycles. The van der Waals surface area contributed by atoms with Crippen LogP contribution in [-0.4, -0.2) is 23.3 Å². The molecule has 1 amide bonds. The van der Waals surface area contributed by atoms with E-state index in [9.17, 15) is 13.6 Å². The Hall–Kier alpha value is -2.19. The first-order chi connectivity index (χ1) is 13.0. The number of rotatable bonds is 8. The zero-order valence-electron chi connectivity index (χ0n) is 14.5. The number of hydrogen-bond acceptors (Lipinski definition) is 5. The van der Waals surface area contributed by atoms with Crippen molar-refractivity contribution in [3.05, 3.63) is 59.1 Å². The monoisotopic (exact) mass is 408 g/mol. The number of para-hydroxylation sites is 1. The lowest BCUT2D eigenvalue weighted by Crippen LogP contribution is -2.28. The molecule has 1 atom stereocenters. The van der Waals surface area contributed by atoms with Crippen LogP contribution < -0.4 is 10.1 Å². The SMILES string of the molecule is CC(NC(=O)CSCc1nc2ccccc2s1)c1cccc(OC(F)F)c1. The van der Waals surface area contributed by atoms with Gasteiger partial charge in [-0.15, -0.1) is 23.1 Å². The van der Waals surface area contributed by atoms with Gasteiger partial charge in [0.05, 0.1) is 22.0 Å². The molecule has 1 N–H and O–H groups in total. The van der Waals surface area contributed by atoms with Crippen molar-refractivity contribution in [3.8, 4) is 5.75 Å². The summed E-state index contributed by atoms with van der Waals surface area (Å²) in [5.74, 6) is 0.925. The molecule has 0 saturated heterocycles. The number of fused-ring (bicyclic) bond motifs is 1. The first-order valence-corrected chi connectivity index (χ1v) is 10.2. The molecule has 27 heavy (non-hydrogen) atoms. The molecular formula is C19H18F2N2O2S2. The first kappa shape index (κ1) is 19.6. The minimum atomic E-state index is -2.87. The highest BCUT2D eigenvalue weighted by Crippen LogP contribution is 2.25. The van der Waals surface area contributed by atoms with Crippen LogP contribution in [0.4, 0.5) is 8.78 Å². The molecule has 0 radical (unpaired) electrons. The van der Waals surface area contributed by atoms with Crippen molar-refractivity contribution in [2.45, 2.75) is 25.3 Å². The number of alkyl halides is 2. The molecule has 0 spiro atoms. The minimum Gasteiger partial charge on any atom is -0.435 e. The summed E-state index contributed by atoms with van der Waals surface area (Å²) in [4.78, 5) is 16.7. The van der Waals surface area contributed by atoms with Crippen molar-refractivity contribution in [2.24, 2.45) is 0 Å². The van der Waals surface area contributed by atoms with E-state index in [0.717, 1.165) is 15.2 Å². The van der Waals surface area contributed by atoms with Crippen LogP contribution in [0.25, 0.3) is 10.2 Å². The molecule has 2 aromatic carbocycles. The molecule has 142 valence electrons. The summed E-state index contributed by atoms with van der Waals surface area (Å²) in [7, 11) is 0. The van der Waals surface area contributed by atoms with Crippen LogP contribution in [0.5, 0.6) is 5.75 Å². The maximum Gasteiger partial charge on any atom is 0.387 e. The van der Waals surface area contributed by atoms with Crippen molar-refractivity contribution in [1.82, 2.24) is 10.3 Å². The Morgan fingerprint density at radius 3 is 2.85 bits per heavy atom. The number of nitrogens with zero attached hydrogens (tertiary/aromatic N) is 1. The Labute approximate surface area is 163 Å². The summed E-state index contributed by atoms with van der Waals surface area (Å²) in [5.41, 5.74) is 1.68. The molecule has 0 bridgehead atoms. The number of hydrogen-bond donors (Lipinski definition) is 1. The summed E-state index contributed by atoms with van der Waals surface area (Å²) in [6.45, 7) is -1.07. The van der Waals surface area contributed by atoms with Crippen molar-refractivity contribution in [2.75, 3.05) is 5.75 Å². The Morgan fingerprint density at radius 2 is 2.07 bits per heavy atom. The quantitative estimate of drug-likeness (QED) is 0.569. The standard InChI is InChI=1S/C19H18F2N2O2S2/c1-12(13-5-4-6-14(9-13)25-19(20)21)22-17(24)10-26-11-18-23-15-7-2-3-8-16(15)27-18/h2-9,12,19H,10-11H2,1H3,(H,22,24). The summed E-state index contributed by atoms with van der Waals surface area (Å²) < 4.78 is 30.2. The third-order valence-electron chi connectivity index (χ3n) is 3.76. The number of amides is 1. The van der Waals surface area contributed by atoms with Gasteiger partial charge in [-0.25, -0.2) is 4.98 Å². The predicted molar refractivity (Wildman–Crippen MR) is 105 cm³/mol. The Kier molecular flexibility index (Phi) is 6.63. The fraction of sp³-hybridized carbons (Fsp3) is 0.263. The average Bonchev–Trinajstić information content (AvgIpc) is 3.04. The number of carbonyl (C=O) groups is 1. The molecule has 1 aromatic heterocycles. The van der Waals surface area contributed by atoms with Gasteiger partial charge in [0.2, 0.25) is 5.91 Å². The molecule has 3 aromatic rings. The van der Waals surface area contributed by atoms with E-state index >= 15 is 0 Å². The Balaban J connectivity index is 1.48. The van der Waals surface area contributed by atoms with E-state index in [4.69, 9.17) is 0 Å². The van der Waals surface area contributed by atoms with Crippen molar-refractivity contribution in [3.63, 3.8) is 0 Å². The maximum atomic E-state index is 12.3. The molecule has 0 aliphatic heterocycles. The van der Waals surface area contributed by atoms with Gasteiger partial charge in [0.25, 0.3) is 0 Å². The van der Waals surface area contributed by atoms with Crippen LogP contribution in [0, 0.1) is 0 Å². The molecule has 0 aliphatic carbocycles. The van der Waals surface area contributed by atoms with E-state index in [0.29, 0.717) is 17.1 Å². The molecule has 8 heteroatoms. The van der Waals surface area contributed by atoms with E-state index in [1.165, 1.54) is 23.9 Å². The highest BCUT2D eigenvalue weighted by atomic mass is 32.2. The van der Waals surface area contributed by atoms with Gasteiger partial charge in [-0.05, 0) is 36.8 Å². The van der Waals surface area contributed by atoms with Gasteiger partial charge in [-0.1, -0.05) is 24.3 Å². The van der Waals surface area contributed by atoms with Crippen molar-refractivity contribution in [1.29, 1.82) is 0 Å². The van der Waals surface area contributed by atoms with E-state index in [1.807, 2.05) is 24.3 Å². The lowest BCUT2D eigenvalue weighted by atomic mass is 10.1. The van der Waals surface area contributed by atoms with Gasteiger partial charge < -0.3 is 10.1 Å². The molecule has 1 unspecified atom stereocenters. The number of halogens is 2. The molecule has 4 nitrogen and oxygen atoms in total. The highest BCUT2D eigenvalue weighted by molar-refractivity contribution is 7.99. The molecule has 0 saturated carbocycles. The van der Waals surface area contributed by atoms with Gasteiger partial charge in [0, 0.05) is 5.75 Å². The summed E-state index contributed by atoms with van der Waals surface area (Å²) >= 11 is 3.12. The van der Waals surface area contributed by atoms with Crippen LogP contribution in [0.1, 0.15) is 23.5 Å². The number of thioether (sulfide) groups is 1. The fourth-order valence-corrected chi connectivity index (χ4v) is 4.40. The van der Waals surface area contributed by atoms with Gasteiger partial charge in [-0.3, -0.25) is 4.79 Å². The van der Waals surface area contributed by atoms with E-state index in [2.05, 4.69) is 15.0 Å². The van der Waals surface area contributed by atoms with Gasteiger partial charge >= 0.3 is 6.61 Å². The molecule has 3 rings (SSSR count). The molecule has 0 aliphatic rings. The predicted octanol–water partition coefficient (Wildman–Crippen LogP) is 5.01. The second kappa shape index (κ2) is 9.14. The van der Waals surface area contributed by atoms with Crippen LogP contribution >= 0.6 is 23.1 Å². The lowest BCUT2D eigenvalue weighted by Gasteiger charge is -2.15. The van der Waals surface area contributed by atoms with Gasteiger partial charge in [0.1, 0.15) is 10.8 Å². The summed E-state index contributed by atoms with van der Waals surface area (Å²) in [5, 5.41) is 3.85. The van der Waals surface area contributed by atoms with E-state index < -0.39 is 6.61 Å². The minimum absolute atomic E-state index is 0.0776. The number of carbonyl (C=O) groups excluding carboxylic acids is 1. The summed E-state index contributed by atoms with van der Waals surface area (Å²) in [6, 6.07) is 14.0. The zero-order chi connectivity index (χ0) is 19.2. The second-order valence-corrected chi connectivity index (χ2v) is 7.91. The van der Waals surface area contributed by atoms with Crippen molar-refractivity contribution >= 4 is 39.2 Å². The van der Waals surface area contributed by atoms with Crippen LogP contribution in [0.15, 0.2) is 48.5 Å². The van der Waals surface area contributed by atoms with E-state index in [1.54, 1.807) is 30.4 Å². The maximum absolute atomic E-state index is 12.3. The number of ether oxygens (including phenoxy) is 1. The number of nitrogens with one attached hydrogen (secondary N) is 1. The average molecular weight is 408 g/mol. The largest absolute Gasteiger partial charge is 0.435 e. The fourth-order valence-electron chi connectivity index (χ4n) is 2.54. The van der Waals surface area contributed by atoms with Gasteiger partial charge in [-0.2, -0.15) is 8.78 Å². The first-order valence-electron chi connectivity index (χ1n) is 8.27. The molecule has 0 fully saturated rings.